The highest BCUT2D eigenvalue weighted by molar-refractivity contribution is 6.01. The van der Waals surface area contributed by atoms with E-state index in [-0.39, 0.29) is 17.6 Å². The summed E-state index contributed by atoms with van der Waals surface area (Å²) < 4.78 is 0. The fraction of sp³-hybridized carbons (Fsp3) is 0.308. The van der Waals surface area contributed by atoms with Crippen LogP contribution in [0.5, 0.6) is 0 Å². The number of H-pyrrole nitrogens is 1. The average molecular weight is 259 g/mol. The minimum atomic E-state index is -0.343. The maximum Gasteiger partial charge on any atom is 0.295 e. The Labute approximate surface area is 111 Å². The number of benzene rings is 1. The lowest BCUT2D eigenvalue weighted by Gasteiger charge is -2.07. The van der Waals surface area contributed by atoms with Crippen molar-refractivity contribution in [2.45, 2.75) is 26.3 Å². The molecule has 2 aromatic rings. The number of rotatable bonds is 4. The SMILES string of the molecule is CC(C)c1nc(C(=O)Nc2ccccc2CN)n[nH]1. The summed E-state index contributed by atoms with van der Waals surface area (Å²) >= 11 is 0. The van der Waals surface area contributed by atoms with E-state index >= 15 is 0 Å². The van der Waals surface area contributed by atoms with Crippen LogP contribution < -0.4 is 11.1 Å². The highest BCUT2D eigenvalue weighted by Crippen LogP contribution is 2.15. The molecule has 2 rings (SSSR count). The quantitative estimate of drug-likeness (QED) is 0.777. The van der Waals surface area contributed by atoms with Crippen LogP contribution in [0.1, 0.15) is 41.8 Å². The van der Waals surface area contributed by atoms with Crippen molar-refractivity contribution in [1.82, 2.24) is 15.2 Å². The molecular formula is C13H17N5O. The fourth-order valence-electron chi connectivity index (χ4n) is 1.63. The predicted molar refractivity (Wildman–Crippen MR) is 72.8 cm³/mol. The number of aromatic amines is 1. The molecule has 1 aromatic heterocycles. The minimum Gasteiger partial charge on any atom is -0.326 e. The van der Waals surface area contributed by atoms with Crippen LogP contribution in [0.4, 0.5) is 5.69 Å². The van der Waals surface area contributed by atoms with Gasteiger partial charge in [-0.2, -0.15) is 0 Å². The van der Waals surface area contributed by atoms with Gasteiger partial charge >= 0.3 is 0 Å². The first-order chi connectivity index (χ1) is 9.11. The second-order valence-corrected chi connectivity index (χ2v) is 4.51. The summed E-state index contributed by atoms with van der Waals surface area (Å²) in [6, 6.07) is 7.39. The number of nitrogens with zero attached hydrogens (tertiary/aromatic N) is 2. The van der Waals surface area contributed by atoms with Crippen LogP contribution in [-0.2, 0) is 6.54 Å². The second kappa shape index (κ2) is 5.62. The molecule has 0 atom stereocenters. The van der Waals surface area contributed by atoms with Crippen LogP contribution in [0.25, 0.3) is 0 Å². The molecule has 0 saturated carbocycles. The summed E-state index contributed by atoms with van der Waals surface area (Å²) in [6.45, 7) is 4.32. The van der Waals surface area contributed by atoms with Crippen molar-refractivity contribution in [1.29, 1.82) is 0 Å². The highest BCUT2D eigenvalue weighted by atomic mass is 16.2. The van der Waals surface area contributed by atoms with E-state index in [0.29, 0.717) is 18.1 Å². The van der Waals surface area contributed by atoms with E-state index in [1.165, 1.54) is 0 Å². The van der Waals surface area contributed by atoms with Crippen LogP contribution >= 0.6 is 0 Å². The van der Waals surface area contributed by atoms with Gasteiger partial charge in [-0.1, -0.05) is 32.0 Å². The molecule has 0 aliphatic heterocycles. The first kappa shape index (κ1) is 13.2. The Morgan fingerprint density at radius 3 is 2.79 bits per heavy atom. The molecule has 0 spiro atoms. The third-order valence-corrected chi connectivity index (χ3v) is 2.74. The molecule has 19 heavy (non-hydrogen) atoms. The fourth-order valence-corrected chi connectivity index (χ4v) is 1.63. The molecule has 6 heteroatoms. The number of carbonyl (C=O) groups excluding carboxylic acids is 1. The summed E-state index contributed by atoms with van der Waals surface area (Å²) in [5.41, 5.74) is 7.18. The molecule has 0 bridgehead atoms. The van der Waals surface area contributed by atoms with Crippen molar-refractivity contribution >= 4 is 11.6 Å². The predicted octanol–water partition coefficient (Wildman–Crippen LogP) is 1.64. The van der Waals surface area contributed by atoms with Crippen molar-refractivity contribution in [2.24, 2.45) is 5.73 Å². The second-order valence-electron chi connectivity index (χ2n) is 4.51. The molecule has 1 amide bonds. The summed E-state index contributed by atoms with van der Waals surface area (Å²) in [7, 11) is 0. The Bertz CT molecular complexity index is 576. The third-order valence-electron chi connectivity index (χ3n) is 2.74. The van der Waals surface area contributed by atoms with Gasteiger partial charge in [0.2, 0.25) is 5.82 Å². The van der Waals surface area contributed by atoms with E-state index in [2.05, 4.69) is 20.5 Å². The van der Waals surface area contributed by atoms with Crippen molar-refractivity contribution in [2.75, 3.05) is 5.32 Å². The monoisotopic (exact) mass is 259 g/mol. The van der Waals surface area contributed by atoms with E-state index in [1.807, 2.05) is 32.0 Å². The van der Waals surface area contributed by atoms with E-state index < -0.39 is 0 Å². The van der Waals surface area contributed by atoms with Crippen molar-refractivity contribution in [3.63, 3.8) is 0 Å². The van der Waals surface area contributed by atoms with E-state index in [9.17, 15) is 4.79 Å². The van der Waals surface area contributed by atoms with Gasteiger partial charge in [0.15, 0.2) is 0 Å². The van der Waals surface area contributed by atoms with Gasteiger partial charge in [-0.05, 0) is 11.6 Å². The summed E-state index contributed by atoms with van der Waals surface area (Å²) in [6.07, 6.45) is 0. The molecule has 0 unspecified atom stereocenters. The number of carbonyl (C=O) groups is 1. The topological polar surface area (TPSA) is 96.7 Å². The van der Waals surface area contributed by atoms with Gasteiger partial charge in [-0.25, -0.2) is 4.98 Å². The van der Waals surface area contributed by atoms with Crippen molar-refractivity contribution in [3.05, 3.63) is 41.5 Å². The molecule has 0 radical (unpaired) electrons. The van der Waals surface area contributed by atoms with E-state index in [0.717, 1.165) is 5.56 Å². The molecule has 0 fully saturated rings. The standard InChI is InChI=1S/C13H17N5O/c1-8(2)11-16-12(18-17-11)13(19)15-10-6-4-3-5-9(10)7-14/h3-6,8H,7,14H2,1-2H3,(H,15,19)(H,16,17,18). The van der Waals surface area contributed by atoms with E-state index in [1.54, 1.807) is 6.07 Å². The number of hydrogen-bond donors (Lipinski definition) is 3. The summed E-state index contributed by atoms with van der Waals surface area (Å²) in [4.78, 5) is 16.2. The van der Waals surface area contributed by atoms with Crippen LogP contribution in [0.2, 0.25) is 0 Å². The lowest BCUT2D eigenvalue weighted by Crippen LogP contribution is -2.16. The molecule has 6 nitrogen and oxygen atoms in total. The molecule has 0 saturated heterocycles. The maximum atomic E-state index is 12.0. The molecule has 0 aliphatic rings. The number of para-hydroxylation sites is 1. The Hall–Kier alpha value is -2.21. The lowest BCUT2D eigenvalue weighted by molar-refractivity contribution is 0.101. The van der Waals surface area contributed by atoms with Gasteiger partial charge in [0.05, 0.1) is 0 Å². The van der Waals surface area contributed by atoms with Crippen LogP contribution in [0.3, 0.4) is 0 Å². The lowest BCUT2D eigenvalue weighted by atomic mass is 10.2. The number of nitrogens with two attached hydrogens (primary N) is 1. The number of anilines is 1. The van der Waals surface area contributed by atoms with Gasteiger partial charge < -0.3 is 11.1 Å². The first-order valence-electron chi connectivity index (χ1n) is 6.13. The van der Waals surface area contributed by atoms with Gasteiger partial charge in [0.1, 0.15) is 5.82 Å². The first-order valence-corrected chi connectivity index (χ1v) is 6.13. The third kappa shape index (κ3) is 2.97. The molecule has 1 aromatic carbocycles. The number of hydrogen-bond acceptors (Lipinski definition) is 4. The Morgan fingerprint density at radius 2 is 2.16 bits per heavy atom. The molecule has 1 heterocycles. The van der Waals surface area contributed by atoms with Crippen molar-refractivity contribution < 1.29 is 4.79 Å². The minimum absolute atomic E-state index is 0.135. The van der Waals surface area contributed by atoms with Gasteiger partial charge in [-0.3, -0.25) is 9.89 Å². The molecule has 4 N–H and O–H groups in total. The van der Waals surface area contributed by atoms with Crippen LogP contribution in [0.15, 0.2) is 24.3 Å². The number of aromatic nitrogens is 3. The van der Waals surface area contributed by atoms with Gasteiger partial charge in [-0.15, -0.1) is 5.10 Å². The van der Waals surface area contributed by atoms with Crippen LogP contribution in [0, 0.1) is 0 Å². The number of amides is 1. The Morgan fingerprint density at radius 1 is 1.42 bits per heavy atom. The van der Waals surface area contributed by atoms with Gasteiger partial charge in [0.25, 0.3) is 5.91 Å². The van der Waals surface area contributed by atoms with Crippen LogP contribution in [-0.4, -0.2) is 21.1 Å². The largest absolute Gasteiger partial charge is 0.326 e. The zero-order valence-electron chi connectivity index (χ0n) is 11.0. The van der Waals surface area contributed by atoms with Gasteiger partial charge in [0, 0.05) is 18.2 Å². The highest BCUT2D eigenvalue weighted by Gasteiger charge is 2.15. The van der Waals surface area contributed by atoms with E-state index in [4.69, 9.17) is 5.73 Å². The normalized spacial score (nSPS) is 10.7. The smallest absolute Gasteiger partial charge is 0.295 e. The summed E-state index contributed by atoms with van der Waals surface area (Å²) in [5, 5.41) is 9.43. The van der Waals surface area contributed by atoms with Crippen molar-refractivity contribution in [3.8, 4) is 0 Å². The zero-order valence-corrected chi connectivity index (χ0v) is 11.0. The molecule has 0 aliphatic carbocycles. The average Bonchev–Trinajstić information content (AvgIpc) is 2.89. The number of nitrogens with one attached hydrogen (secondary N) is 2. The summed E-state index contributed by atoms with van der Waals surface area (Å²) in [5.74, 6) is 0.683. The zero-order chi connectivity index (χ0) is 13.8. The molecular weight excluding hydrogens is 242 g/mol. The Balaban J connectivity index is 2.16. The Kier molecular flexibility index (Phi) is 3.91. The maximum absolute atomic E-state index is 12.0. The molecule has 100 valence electrons.